The van der Waals surface area contributed by atoms with Crippen molar-refractivity contribution in [3.63, 3.8) is 0 Å². The third kappa shape index (κ3) is 4.22. The molecule has 6 nitrogen and oxygen atoms in total. The number of amides is 2. The van der Waals surface area contributed by atoms with E-state index in [2.05, 4.69) is 5.32 Å². The fourth-order valence-electron chi connectivity index (χ4n) is 2.77. The maximum atomic E-state index is 12.5. The minimum Gasteiger partial charge on any atom is -0.497 e. The summed E-state index contributed by atoms with van der Waals surface area (Å²) < 4.78 is 5.16. The van der Waals surface area contributed by atoms with Gasteiger partial charge in [-0.15, -0.1) is 0 Å². The second-order valence-electron chi connectivity index (χ2n) is 5.81. The van der Waals surface area contributed by atoms with Gasteiger partial charge in [0, 0.05) is 44.2 Å². The number of benzene rings is 1. The quantitative estimate of drug-likeness (QED) is 0.873. The van der Waals surface area contributed by atoms with Crippen LogP contribution in [0.15, 0.2) is 24.3 Å². The van der Waals surface area contributed by atoms with E-state index in [4.69, 9.17) is 4.74 Å². The predicted molar refractivity (Wildman–Crippen MR) is 88.6 cm³/mol. The Kier molecular flexibility index (Phi) is 5.98. The highest BCUT2D eigenvalue weighted by molar-refractivity contribution is 5.94. The zero-order valence-electron chi connectivity index (χ0n) is 14.0. The summed E-state index contributed by atoms with van der Waals surface area (Å²) in [5.74, 6) is 0.762. The van der Waals surface area contributed by atoms with E-state index in [9.17, 15) is 9.59 Å². The highest BCUT2D eigenvalue weighted by atomic mass is 16.5. The summed E-state index contributed by atoms with van der Waals surface area (Å²) in [5.41, 5.74) is 0.618. The molecule has 0 spiro atoms. The van der Waals surface area contributed by atoms with Crippen LogP contribution in [0, 0.1) is 5.92 Å². The van der Waals surface area contributed by atoms with E-state index in [-0.39, 0.29) is 17.7 Å². The number of rotatable bonds is 5. The molecule has 0 aromatic heterocycles. The Hall–Kier alpha value is -2.08. The lowest BCUT2D eigenvalue weighted by Crippen LogP contribution is -2.52. The molecule has 1 unspecified atom stereocenters. The standard InChI is InChI=1S/C17H25N3O3/c1-13(12-18-2)16(21)19-7-9-20(10-8-19)17(22)14-5-4-6-15(11-14)23-3/h4-6,11,13,18H,7-10,12H2,1-3H3. The van der Waals surface area contributed by atoms with Crippen molar-refractivity contribution in [1.29, 1.82) is 0 Å². The number of carbonyl (C=O) groups is 2. The SMILES string of the molecule is CNCC(C)C(=O)N1CCN(C(=O)c2cccc(OC)c2)CC1. The highest BCUT2D eigenvalue weighted by Crippen LogP contribution is 2.16. The van der Waals surface area contributed by atoms with E-state index in [0.717, 1.165) is 0 Å². The molecule has 6 heteroatoms. The fourth-order valence-corrected chi connectivity index (χ4v) is 2.77. The molecule has 1 fully saturated rings. The molecule has 1 aromatic carbocycles. The van der Waals surface area contributed by atoms with Gasteiger partial charge >= 0.3 is 0 Å². The van der Waals surface area contributed by atoms with Crippen LogP contribution in [0.25, 0.3) is 0 Å². The zero-order valence-corrected chi connectivity index (χ0v) is 14.0. The first-order valence-electron chi connectivity index (χ1n) is 7.93. The Morgan fingerprint density at radius 2 is 1.87 bits per heavy atom. The normalized spacial score (nSPS) is 16.1. The molecule has 1 saturated heterocycles. The molecular weight excluding hydrogens is 294 g/mol. The monoisotopic (exact) mass is 319 g/mol. The van der Waals surface area contributed by atoms with Crippen LogP contribution in [0.5, 0.6) is 5.75 Å². The maximum absolute atomic E-state index is 12.5. The first-order chi connectivity index (χ1) is 11.1. The van der Waals surface area contributed by atoms with Crippen molar-refractivity contribution in [3.8, 4) is 5.75 Å². The van der Waals surface area contributed by atoms with Gasteiger partial charge in [0.15, 0.2) is 0 Å². The number of piperazine rings is 1. The van der Waals surface area contributed by atoms with Crippen molar-refractivity contribution in [2.75, 3.05) is 46.9 Å². The van der Waals surface area contributed by atoms with Crippen molar-refractivity contribution < 1.29 is 14.3 Å². The molecule has 0 radical (unpaired) electrons. The van der Waals surface area contributed by atoms with Gasteiger partial charge in [0.2, 0.25) is 5.91 Å². The summed E-state index contributed by atoms with van der Waals surface area (Å²) >= 11 is 0. The number of ether oxygens (including phenoxy) is 1. The molecule has 23 heavy (non-hydrogen) atoms. The summed E-state index contributed by atoms with van der Waals surface area (Å²) in [6.07, 6.45) is 0. The average molecular weight is 319 g/mol. The third-order valence-corrected chi connectivity index (χ3v) is 4.13. The predicted octanol–water partition coefficient (Wildman–Crippen LogP) is 0.835. The molecule has 1 aliphatic heterocycles. The van der Waals surface area contributed by atoms with Gasteiger partial charge in [-0.2, -0.15) is 0 Å². The Morgan fingerprint density at radius 1 is 1.22 bits per heavy atom. The van der Waals surface area contributed by atoms with Crippen LogP contribution >= 0.6 is 0 Å². The molecule has 1 aromatic rings. The first-order valence-corrected chi connectivity index (χ1v) is 7.93. The molecule has 0 saturated carbocycles. The lowest BCUT2D eigenvalue weighted by molar-refractivity contribution is -0.136. The van der Waals surface area contributed by atoms with Gasteiger partial charge < -0.3 is 19.9 Å². The summed E-state index contributed by atoms with van der Waals surface area (Å²) in [5, 5.41) is 3.02. The average Bonchev–Trinajstić information content (AvgIpc) is 2.60. The van der Waals surface area contributed by atoms with E-state index in [1.54, 1.807) is 24.1 Å². The summed E-state index contributed by atoms with van der Waals surface area (Å²) in [4.78, 5) is 28.5. The van der Waals surface area contributed by atoms with Crippen LogP contribution in [0.1, 0.15) is 17.3 Å². The molecule has 0 aliphatic carbocycles. The van der Waals surface area contributed by atoms with Gasteiger partial charge in [-0.1, -0.05) is 13.0 Å². The number of hydrogen-bond acceptors (Lipinski definition) is 4. The van der Waals surface area contributed by atoms with Gasteiger partial charge in [0.25, 0.3) is 5.91 Å². The van der Waals surface area contributed by atoms with Crippen molar-refractivity contribution >= 4 is 11.8 Å². The number of nitrogens with zero attached hydrogens (tertiary/aromatic N) is 2. The number of hydrogen-bond donors (Lipinski definition) is 1. The van der Waals surface area contributed by atoms with Crippen LogP contribution in [0.2, 0.25) is 0 Å². The second-order valence-corrected chi connectivity index (χ2v) is 5.81. The van der Waals surface area contributed by atoms with E-state index in [1.165, 1.54) is 0 Å². The van der Waals surface area contributed by atoms with Crippen LogP contribution in [-0.2, 0) is 4.79 Å². The molecule has 1 atom stereocenters. The number of methoxy groups -OCH3 is 1. The molecule has 0 bridgehead atoms. The maximum Gasteiger partial charge on any atom is 0.254 e. The van der Waals surface area contributed by atoms with Crippen LogP contribution in [0.4, 0.5) is 0 Å². The lowest BCUT2D eigenvalue weighted by Gasteiger charge is -2.36. The van der Waals surface area contributed by atoms with E-state index in [1.807, 2.05) is 31.0 Å². The summed E-state index contributed by atoms with van der Waals surface area (Å²) in [6.45, 7) is 4.89. The van der Waals surface area contributed by atoms with Gasteiger partial charge in [-0.05, 0) is 25.2 Å². The first kappa shape index (κ1) is 17.3. The van der Waals surface area contributed by atoms with Crippen molar-refractivity contribution in [2.24, 2.45) is 5.92 Å². The molecule has 1 aliphatic rings. The topological polar surface area (TPSA) is 61.9 Å². The Bertz CT molecular complexity index is 554. The lowest BCUT2D eigenvalue weighted by atomic mass is 10.1. The van der Waals surface area contributed by atoms with Crippen molar-refractivity contribution in [1.82, 2.24) is 15.1 Å². The molecule has 1 heterocycles. The largest absolute Gasteiger partial charge is 0.497 e. The molecule has 2 amide bonds. The van der Waals surface area contributed by atoms with Crippen LogP contribution < -0.4 is 10.1 Å². The van der Waals surface area contributed by atoms with Crippen LogP contribution in [-0.4, -0.2) is 68.5 Å². The third-order valence-electron chi connectivity index (χ3n) is 4.13. The van der Waals surface area contributed by atoms with Gasteiger partial charge in [0.1, 0.15) is 5.75 Å². The van der Waals surface area contributed by atoms with E-state index >= 15 is 0 Å². The van der Waals surface area contributed by atoms with Crippen molar-refractivity contribution in [2.45, 2.75) is 6.92 Å². The minimum absolute atomic E-state index is 0.0146. The van der Waals surface area contributed by atoms with E-state index < -0.39 is 0 Å². The molecular formula is C17H25N3O3. The van der Waals surface area contributed by atoms with Gasteiger partial charge in [-0.3, -0.25) is 9.59 Å². The molecule has 126 valence electrons. The zero-order chi connectivity index (χ0) is 16.8. The minimum atomic E-state index is -0.0411. The smallest absolute Gasteiger partial charge is 0.254 e. The second kappa shape index (κ2) is 7.97. The Balaban J connectivity index is 1.93. The van der Waals surface area contributed by atoms with Crippen LogP contribution in [0.3, 0.4) is 0 Å². The fraction of sp³-hybridized carbons (Fsp3) is 0.529. The number of nitrogens with one attached hydrogen (secondary N) is 1. The van der Waals surface area contributed by atoms with E-state index in [0.29, 0.717) is 44.0 Å². The van der Waals surface area contributed by atoms with Gasteiger partial charge in [-0.25, -0.2) is 0 Å². The summed E-state index contributed by atoms with van der Waals surface area (Å²) in [7, 11) is 3.43. The highest BCUT2D eigenvalue weighted by Gasteiger charge is 2.27. The summed E-state index contributed by atoms with van der Waals surface area (Å²) in [6, 6.07) is 7.16. The molecule has 2 rings (SSSR count). The number of carbonyl (C=O) groups excluding carboxylic acids is 2. The van der Waals surface area contributed by atoms with Crippen molar-refractivity contribution in [3.05, 3.63) is 29.8 Å². The molecule has 1 N–H and O–H groups in total. The Labute approximate surface area is 137 Å². The Morgan fingerprint density at radius 3 is 2.48 bits per heavy atom. The van der Waals surface area contributed by atoms with Gasteiger partial charge in [0.05, 0.1) is 7.11 Å².